The van der Waals surface area contributed by atoms with Crippen LogP contribution in [0.1, 0.15) is 25.0 Å². The molecule has 0 aliphatic heterocycles. The number of carbonyl (C=O) groups excluding carboxylic acids is 1. The highest BCUT2D eigenvalue weighted by molar-refractivity contribution is 6.30. The number of ether oxygens (including phenoxy) is 1. The monoisotopic (exact) mass is 317 g/mol. The van der Waals surface area contributed by atoms with E-state index in [2.05, 4.69) is 5.32 Å². The minimum absolute atomic E-state index is 0.0514. The van der Waals surface area contributed by atoms with E-state index in [4.69, 9.17) is 16.3 Å². The molecule has 1 N–H and O–H groups in total. The third-order valence-electron chi connectivity index (χ3n) is 3.56. The van der Waals surface area contributed by atoms with Gasteiger partial charge in [0.1, 0.15) is 5.75 Å². The zero-order valence-corrected chi connectivity index (χ0v) is 13.8. The molecule has 0 unspecified atom stereocenters. The molecular weight excluding hydrogens is 298 g/mol. The van der Waals surface area contributed by atoms with Gasteiger partial charge in [-0.2, -0.15) is 0 Å². The largest absolute Gasteiger partial charge is 0.496 e. The summed E-state index contributed by atoms with van der Waals surface area (Å²) in [4.78, 5) is 12.3. The first kappa shape index (κ1) is 16.4. The molecule has 0 aliphatic rings. The summed E-state index contributed by atoms with van der Waals surface area (Å²) in [6, 6.07) is 15.0. The smallest absolute Gasteiger partial charge is 0.225 e. The van der Waals surface area contributed by atoms with Crippen molar-refractivity contribution in [2.75, 3.05) is 7.11 Å². The Hall–Kier alpha value is -2.00. The Bertz CT molecular complexity index is 650. The minimum atomic E-state index is -0.469. The van der Waals surface area contributed by atoms with Crippen LogP contribution in [0.4, 0.5) is 0 Å². The molecule has 0 heterocycles. The van der Waals surface area contributed by atoms with Crippen molar-refractivity contribution in [3.8, 4) is 5.75 Å². The first-order valence-electron chi connectivity index (χ1n) is 7.11. The summed E-state index contributed by atoms with van der Waals surface area (Å²) >= 11 is 5.91. The van der Waals surface area contributed by atoms with Crippen LogP contribution in [-0.4, -0.2) is 13.0 Å². The lowest BCUT2D eigenvalue weighted by atomic mass is 9.94. The molecule has 116 valence electrons. The fourth-order valence-corrected chi connectivity index (χ4v) is 2.48. The number of nitrogens with one attached hydrogen (secondary N) is 1. The Balaban J connectivity index is 2.09. The molecule has 0 spiro atoms. The zero-order valence-electron chi connectivity index (χ0n) is 13.0. The van der Waals surface area contributed by atoms with Gasteiger partial charge in [0, 0.05) is 10.6 Å². The molecule has 0 aliphatic carbocycles. The summed E-state index contributed by atoms with van der Waals surface area (Å²) in [5.74, 6) is 0.673. The molecule has 0 bridgehead atoms. The van der Waals surface area contributed by atoms with Crippen LogP contribution in [0, 0.1) is 0 Å². The lowest BCUT2D eigenvalue weighted by molar-refractivity contribution is -0.122. The van der Waals surface area contributed by atoms with E-state index in [0.29, 0.717) is 5.02 Å². The molecule has 0 fully saturated rings. The van der Waals surface area contributed by atoms with Gasteiger partial charge in [-0.25, -0.2) is 0 Å². The number of hydrogen-bond acceptors (Lipinski definition) is 2. The average Bonchev–Trinajstić information content (AvgIpc) is 2.47. The SMILES string of the molecule is COc1ccccc1CC(=O)NC(C)(C)c1ccc(Cl)cc1. The molecule has 0 radical (unpaired) electrons. The number of rotatable bonds is 5. The van der Waals surface area contributed by atoms with Gasteiger partial charge in [0.15, 0.2) is 0 Å². The van der Waals surface area contributed by atoms with Crippen LogP contribution in [0.5, 0.6) is 5.75 Å². The van der Waals surface area contributed by atoms with Gasteiger partial charge in [-0.05, 0) is 37.6 Å². The molecular formula is C18H20ClNO2. The Morgan fingerprint density at radius 3 is 2.41 bits per heavy atom. The Labute approximate surface area is 136 Å². The highest BCUT2D eigenvalue weighted by atomic mass is 35.5. The Morgan fingerprint density at radius 2 is 1.77 bits per heavy atom. The minimum Gasteiger partial charge on any atom is -0.496 e. The van der Waals surface area contributed by atoms with Gasteiger partial charge in [-0.1, -0.05) is 41.9 Å². The lowest BCUT2D eigenvalue weighted by Crippen LogP contribution is -2.41. The molecule has 0 saturated carbocycles. The van der Waals surface area contributed by atoms with Gasteiger partial charge in [0.05, 0.1) is 19.1 Å². The van der Waals surface area contributed by atoms with Crippen LogP contribution in [0.15, 0.2) is 48.5 Å². The fraction of sp³-hybridized carbons (Fsp3) is 0.278. The molecule has 1 amide bonds. The number of carbonyl (C=O) groups is 1. The predicted molar refractivity (Wildman–Crippen MR) is 89.3 cm³/mol. The third-order valence-corrected chi connectivity index (χ3v) is 3.81. The standard InChI is InChI=1S/C18H20ClNO2/c1-18(2,14-8-10-15(19)11-9-14)20-17(21)12-13-6-4-5-7-16(13)22-3/h4-11H,12H2,1-3H3,(H,20,21). The van der Waals surface area contributed by atoms with E-state index in [1.165, 1.54) is 0 Å². The van der Waals surface area contributed by atoms with Gasteiger partial charge in [0.2, 0.25) is 5.91 Å². The summed E-state index contributed by atoms with van der Waals surface area (Å²) in [6.45, 7) is 3.94. The van der Waals surface area contributed by atoms with Crippen molar-refractivity contribution in [3.05, 3.63) is 64.7 Å². The fourth-order valence-electron chi connectivity index (χ4n) is 2.35. The van der Waals surface area contributed by atoms with Crippen molar-refractivity contribution in [2.45, 2.75) is 25.8 Å². The maximum atomic E-state index is 12.3. The first-order valence-corrected chi connectivity index (χ1v) is 7.49. The van der Waals surface area contributed by atoms with E-state index in [1.807, 2.05) is 62.4 Å². The normalized spacial score (nSPS) is 11.1. The van der Waals surface area contributed by atoms with E-state index in [1.54, 1.807) is 7.11 Å². The highest BCUT2D eigenvalue weighted by Gasteiger charge is 2.23. The molecule has 0 atom stereocenters. The van der Waals surface area contributed by atoms with Crippen molar-refractivity contribution in [1.82, 2.24) is 5.32 Å². The summed E-state index contributed by atoms with van der Waals surface area (Å²) in [5, 5.41) is 3.73. The quantitative estimate of drug-likeness (QED) is 0.907. The van der Waals surface area contributed by atoms with E-state index in [9.17, 15) is 4.79 Å². The van der Waals surface area contributed by atoms with E-state index in [0.717, 1.165) is 16.9 Å². The molecule has 0 saturated heterocycles. The molecule has 2 rings (SSSR count). The molecule has 3 nitrogen and oxygen atoms in total. The first-order chi connectivity index (χ1) is 10.4. The summed E-state index contributed by atoms with van der Waals surface area (Å²) < 4.78 is 5.28. The molecule has 22 heavy (non-hydrogen) atoms. The van der Waals surface area contributed by atoms with Crippen LogP contribution in [0.3, 0.4) is 0 Å². The van der Waals surface area contributed by atoms with Gasteiger partial charge in [-0.15, -0.1) is 0 Å². The number of methoxy groups -OCH3 is 1. The second-order valence-electron chi connectivity index (χ2n) is 5.67. The molecule has 0 aromatic heterocycles. The topological polar surface area (TPSA) is 38.3 Å². The van der Waals surface area contributed by atoms with Crippen molar-refractivity contribution >= 4 is 17.5 Å². The van der Waals surface area contributed by atoms with Gasteiger partial charge < -0.3 is 10.1 Å². The maximum Gasteiger partial charge on any atom is 0.225 e. The van der Waals surface area contributed by atoms with Crippen molar-refractivity contribution in [1.29, 1.82) is 0 Å². The lowest BCUT2D eigenvalue weighted by Gasteiger charge is -2.27. The average molecular weight is 318 g/mol. The van der Waals surface area contributed by atoms with Crippen molar-refractivity contribution in [3.63, 3.8) is 0 Å². The van der Waals surface area contributed by atoms with Crippen LogP contribution >= 0.6 is 11.6 Å². The second-order valence-corrected chi connectivity index (χ2v) is 6.11. The number of halogens is 1. The molecule has 2 aromatic rings. The van der Waals surface area contributed by atoms with Crippen LogP contribution in [-0.2, 0) is 16.8 Å². The molecule has 4 heteroatoms. The maximum absolute atomic E-state index is 12.3. The molecule has 2 aromatic carbocycles. The van der Waals surface area contributed by atoms with Gasteiger partial charge >= 0.3 is 0 Å². The van der Waals surface area contributed by atoms with Crippen molar-refractivity contribution in [2.24, 2.45) is 0 Å². The summed E-state index contributed by atoms with van der Waals surface area (Å²) in [5.41, 5.74) is 1.41. The predicted octanol–water partition coefficient (Wildman–Crippen LogP) is 3.94. The third kappa shape index (κ3) is 4.01. The highest BCUT2D eigenvalue weighted by Crippen LogP contribution is 2.23. The Morgan fingerprint density at radius 1 is 1.14 bits per heavy atom. The number of amides is 1. The van der Waals surface area contributed by atoms with Crippen LogP contribution in [0.2, 0.25) is 5.02 Å². The Kier molecular flexibility index (Phi) is 5.09. The number of hydrogen-bond donors (Lipinski definition) is 1. The van der Waals surface area contributed by atoms with Crippen LogP contribution in [0.25, 0.3) is 0 Å². The van der Waals surface area contributed by atoms with Gasteiger partial charge in [-0.3, -0.25) is 4.79 Å². The number of para-hydroxylation sites is 1. The summed E-state index contributed by atoms with van der Waals surface area (Å²) in [6.07, 6.45) is 0.279. The van der Waals surface area contributed by atoms with Gasteiger partial charge in [0.25, 0.3) is 0 Å². The number of benzene rings is 2. The van der Waals surface area contributed by atoms with Crippen LogP contribution < -0.4 is 10.1 Å². The zero-order chi connectivity index (χ0) is 16.2. The van der Waals surface area contributed by atoms with Crippen molar-refractivity contribution < 1.29 is 9.53 Å². The van der Waals surface area contributed by atoms with E-state index >= 15 is 0 Å². The van der Waals surface area contributed by atoms with E-state index < -0.39 is 5.54 Å². The van der Waals surface area contributed by atoms with E-state index in [-0.39, 0.29) is 12.3 Å². The second kappa shape index (κ2) is 6.84. The summed E-state index contributed by atoms with van der Waals surface area (Å²) in [7, 11) is 1.61.